The number of nitrogens with one attached hydrogen (secondary N) is 1. The van der Waals surface area contributed by atoms with E-state index in [1.807, 2.05) is 30.3 Å². The largest absolute Gasteiger partial charge is 0.445 e. The Morgan fingerprint density at radius 3 is 2.89 bits per heavy atom. The van der Waals surface area contributed by atoms with Crippen LogP contribution in [0.1, 0.15) is 24.8 Å². The Bertz CT molecular complexity index is 420. The van der Waals surface area contributed by atoms with Gasteiger partial charge in [-0.25, -0.2) is 4.79 Å². The highest BCUT2D eigenvalue weighted by Crippen LogP contribution is 2.36. The van der Waals surface area contributed by atoms with Crippen molar-refractivity contribution in [1.29, 1.82) is 0 Å². The number of fused-ring (bicyclic) bond motifs is 1. The van der Waals surface area contributed by atoms with E-state index in [0.29, 0.717) is 18.8 Å². The lowest BCUT2D eigenvalue weighted by atomic mass is 9.96. The second kappa shape index (κ2) is 4.98. The maximum atomic E-state index is 11.6. The SMILES string of the molecule is O=C(NC1CCC2OC2C1)OCc1ccccc1. The third kappa shape index (κ3) is 2.82. The van der Waals surface area contributed by atoms with Gasteiger partial charge in [-0.1, -0.05) is 30.3 Å². The first-order chi connectivity index (χ1) is 8.81. The Morgan fingerprint density at radius 2 is 2.11 bits per heavy atom. The minimum Gasteiger partial charge on any atom is -0.445 e. The van der Waals surface area contributed by atoms with Crippen LogP contribution in [-0.4, -0.2) is 24.3 Å². The van der Waals surface area contributed by atoms with Crippen LogP contribution in [0.2, 0.25) is 0 Å². The Labute approximate surface area is 106 Å². The number of rotatable bonds is 3. The van der Waals surface area contributed by atoms with E-state index in [1.54, 1.807) is 0 Å². The number of carbonyl (C=O) groups excluding carboxylic acids is 1. The molecule has 1 aliphatic carbocycles. The van der Waals surface area contributed by atoms with Crippen LogP contribution in [-0.2, 0) is 16.1 Å². The molecule has 1 aromatic rings. The zero-order chi connectivity index (χ0) is 12.4. The smallest absolute Gasteiger partial charge is 0.407 e. The van der Waals surface area contributed by atoms with Crippen LogP contribution < -0.4 is 5.32 Å². The molecule has 1 heterocycles. The number of amides is 1. The van der Waals surface area contributed by atoms with Crippen LogP contribution in [0.5, 0.6) is 0 Å². The molecule has 2 fully saturated rings. The molecule has 1 N–H and O–H groups in total. The van der Waals surface area contributed by atoms with Gasteiger partial charge in [-0.15, -0.1) is 0 Å². The minimum atomic E-state index is -0.331. The summed E-state index contributed by atoms with van der Waals surface area (Å²) in [5.41, 5.74) is 1.00. The van der Waals surface area contributed by atoms with Gasteiger partial charge in [0.15, 0.2) is 0 Å². The van der Waals surface area contributed by atoms with Gasteiger partial charge in [0, 0.05) is 6.04 Å². The van der Waals surface area contributed by atoms with Gasteiger partial charge in [0.25, 0.3) is 0 Å². The van der Waals surface area contributed by atoms with Gasteiger partial charge in [-0.05, 0) is 24.8 Å². The summed E-state index contributed by atoms with van der Waals surface area (Å²) in [4.78, 5) is 11.6. The Morgan fingerprint density at radius 1 is 1.28 bits per heavy atom. The number of epoxide rings is 1. The molecule has 0 aromatic heterocycles. The lowest BCUT2D eigenvalue weighted by Crippen LogP contribution is -2.38. The molecule has 2 aliphatic rings. The van der Waals surface area contributed by atoms with Crippen molar-refractivity contribution >= 4 is 6.09 Å². The second-order valence-corrected chi connectivity index (χ2v) is 4.93. The standard InChI is InChI=1S/C14H17NO3/c16-14(17-9-10-4-2-1-3-5-10)15-11-6-7-12-13(8-11)18-12/h1-5,11-13H,6-9H2,(H,15,16). The summed E-state index contributed by atoms with van der Waals surface area (Å²) in [5.74, 6) is 0. The number of carbonyl (C=O) groups is 1. The van der Waals surface area contributed by atoms with Crippen molar-refractivity contribution in [3.8, 4) is 0 Å². The predicted molar refractivity (Wildman–Crippen MR) is 66.1 cm³/mol. The third-order valence-electron chi connectivity index (χ3n) is 3.54. The molecule has 4 heteroatoms. The van der Waals surface area contributed by atoms with Gasteiger partial charge in [0.05, 0.1) is 12.2 Å². The third-order valence-corrected chi connectivity index (χ3v) is 3.54. The van der Waals surface area contributed by atoms with Crippen molar-refractivity contribution in [2.75, 3.05) is 0 Å². The lowest BCUT2D eigenvalue weighted by molar-refractivity contribution is 0.133. The average Bonchev–Trinajstić information content (AvgIpc) is 3.16. The van der Waals surface area contributed by atoms with Crippen LogP contribution in [0.25, 0.3) is 0 Å². The van der Waals surface area contributed by atoms with Crippen molar-refractivity contribution in [3.63, 3.8) is 0 Å². The van der Waals surface area contributed by atoms with Crippen LogP contribution >= 0.6 is 0 Å². The maximum absolute atomic E-state index is 11.6. The summed E-state index contributed by atoms with van der Waals surface area (Å²) in [6, 6.07) is 9.90. The van der Waals surface area contributed by atoms with E-state index in [0.717, 1.165) is 24.8 Å². The van der Waals surface area contributed by atoms with Crippen LogP contribution in [0.4, 0.5) is 4.79 Å². The van der Waals surface area contributed by atoms with E-state index >= 15 is 0 Å². The molecule has 0 bridgehead atoms. The molecule has 3 atom stereocenters. The highest BCUT2D eigenvalue weighted by molar-refractivity contribution is 5.67. The minimum absolute atomic E-state index is 0.206. The summed E-state index contributed by atoms with van der Waals surface area (Å²) in [5, 5.41) is 2.91. The second-order valence-electron chi connectivity index (χ2n) is 4.93. The molecular weight excluding hydrogens is 230 g/mol. The van der Waals surface area contributed by atoms with Gasteiger partial charge in [0.2, 0.25) is 0 Å². The summed E-state index contributed by atoms with van der Waals surface area (Å²) < 4.78 is 10.6. The van der Waals surface area contributed by atoms with E-state index in [2.05, 4.69) is 5.32 Å². The molecule has 1 saturated heterocycles. The highest BCUT2D eigenvalue weighted by atomic mass is 16.6. The summed E-state index contributed by atoms with van der Waals surface area (Å²) in [6.45, 7) is 0.321. The number of benzene rings is 1. The van der Waals surface area contributed by atoms with Crippen molar-refractivity contribution in [3.05, 3.63) is 35.9 Å². The highest BCUT2D eigenvalue weighted by Gasteiger charge is 2.44. The van der Waals surface area contributed by atoms with Gasteiger partial charge in [-0.3, -0.25) is 0 Å². The summed E-state index contributed by atoms with van der Waals surface area (Å²) >= 11 is 0. The first-order valence-electron chi connectivity index (χ1n) is 6.44. The lowest BCUT2D eigenvalue weighted by Gasteiger charge is -2.19. The first kappa shape index (κ1) is 11.5. The topological polar surface area (TPSA) is 50.9 Å². The number of hydrogen-bond donors (Lipinski definition) is 1. The van der Waals surface area contributed by atoms with E-state index in [9.17, 15) is 4.79 Å². The Balaban J connectivity index is 1.41. The molecule has 1 aliphatic heterocycles. The molecule has 18 heavy (non-hydrogen) atoms. The maximum Gasteiger partial charge on any atom is 0.407 e. The van der Waals surface area contributed by atoms with Gasteiger partial charge in [-0.2, -0.15) is 0 Å². The molecule has 1 amide bonds. The van der Waals surface area contributed by atoms with E-state index in [1.165, 1.54) is 0 Å². The van der Waals surface area contributed by atoms with Gasteiger partial charge < -0.3 is 14.8 Å². The normalized spacial score (nSPS) is 29.2. The first-order valence-corrected chi connectivity index (χ1v) is 6.44. The molecule has 96 valence electrons. The molecule has 3 rings (SSSR count). The number of alkyl carbamates (subject to hydrolysis) is 1. The number of hydrogen-bond acceptors (Lipinski definition) is 3. The van der Waals surface area contributed by atoms with Crippen molar-refractivity contribution in [1.82, 2.24) is 5.32 Å². The fraction of sp³-hybridized carbons (Fsp3) is 0.500. The van der Waals surface area contributed by atoms with Crippen LogP contribution in [0, 0.1) is 0 Å². The fourth-order valence-corrected chi connectivity index (χ4v) is 2.47. The molecule has 4 nitrogen and oxygen atoms in total. The van der Waals surface area contributed by atoms with E-state index in [4.69, 9.17) is 9.47 Å². The van der Waals surface area contributed by atoms with Crippen molar-refractivity contribution in [2.45, 2.75) is 44.1 Å². The molecule has 1 aromatic carbocycles. The Hall–Kier alpha value is -1.55. The van der Waals surface area contributed by atoms with E-state index < -0.39 is 0 Å². The Kier molecular flexibility index (Phi) is 3.19. The predicted octanol–water partition coefficient (Wildman–Crippen LogP) is 2.23. The zero-order valence-corrected chi connectivity index (χ0v) is 10.2. The summed E-state index contributed by atoms with van der Waals surface area (Å²) in [6.07, 6.45) is 3.46. The molecule has 0 spiro atoms. The van der Waals surface area contributed by atoms with Crippen molar-refractivity contribution < 1.29 is 14.3 Å². The zero-order valence-electron chi connectivity index (χ0n) is 10.2. The summed E-state index contributed by atoms with van der Waals surface area (Å²) in [7, 11) is 0. The number of ether oxygens (including phenoxy) is 2. The van der Waals surface area contributed by atoms with Gasteiger partial charge in [0.1, 0.15) is 6.61 Å². The van der Waals surface area contributed by atoms with Crippen LogP contribution in [0.3, 0.4) is 0 Å². The van der Waals surface area contributed by atoms with Crippen molar-refractivity contribution in [2.24, 2.45) is 0 Å². The quantitative estimate of drug-likeness (QED) is 0.833. The monoisotopic (exact) mass is 247 g/mol. The average molecular weight is 247 g/mol. The van der Waals surface area contributed by atoms with E-state index in [-0.39, 0.29) is 12.1 Å². The van der Waals surface area contributed by atoms with Crippen LogP contribution in [0.15, 0.2) is 30.3 Å². The van der Waals surface area contributed by atoms with Gasteiger partial charge >= 0.3 is 6.09 Å². The molecule has 3 unspecified atom stereocenters. The fourth-order valence-electron chi connectivity index (χ4n) is 2.47. The molecule has 0 radical (unpaired) electrons. The molecular formula is C14H17NO3. The molecule has 1 saturated carbocycles.